The highest BCUT2D eigenvalue weighted by Crippen LogP contribution is 2.46. The van der Waals surface area contributed by atoms with Gasteiger partial charge in [-0.2, -0.15) is 0 Å². The van der Waals surface area contributed by atoms with Gasteiger partial charge in [-0.05, 0) is 36.7 Å². The van der Waals surface area contributed by atoms with Crippen LogP contribution in [-0.4, -0.2) is 24.1 Å². The van der Waals surface area contributed by atoms with Crippen LogP contribution >= 0.6 is 0 Å². The van der Waals surface area contributed by atoms with Gasteiger partial charge in [-0.25, -0.2) is 0 Å². The monoisotopic (exact) mass is 297 g/mol. The maximum absolute atomic E-state index is 6.04. The number of aromatic nitrogens is 1. The molecule has 0 fully saturated rings. The summed E-state index contributed by atoms with van der Waals surface area (Å²) in [5.74, 6) is 0. The van der Waals surface area contributed by atoms with E-state index in [-0.39, 0.29) is 5.16 Å². The van der Waals surface area contributed by atoms with Gasteiger partial charge in [-0.15, -0.1) is 0 Å². The molecule has 4 heteroatoms. The molecule has 2 aliphatic rings. The molecule has 0 spiro atoms. The lowest BCUT2D eigenvalue weighted by molar-refractivity contribution is 0.442. The van der Waals surface area contributed by atoms with Gasteiger partial charge in [-0.3, -0.25) is 0 Å². The third kappa shape index (κ3) is 1.22. The second-order valence-corrected chi connectivity index (χ2v) is 9.87. The first kappa shape index (κ1) is 12.4. The molecule has 4 bridgehead atoms. The number of hydrogen-bond donors (Lipinski definition) is 0. The Hall–Kier alpha value is -1.37. The zero-order chi connectivity index (χ0) is 13.9. The van der Waals surface area contributed by atoms with Crippen molar-refractivity contribution in [3.8, 4) is 0 Å². The fourth-order valence-corrected chi connectivity index (χ4v) is 7.49. The average molecular weight is 298 g/mol. The lowest BCUT2D eigenvalue weighted by Crippen LogP contribution is -2.49. The molecule has 2 atom stereocenters. The third-order valence-electron chi connectivity index (χ3n) is 5.14. The quantitative estimate of drug-likeness (QED) is 0.677. The molecule has 0 aliphatic carbocycles. The molecular weight excluding hydrogens is 278 g/mol. The van der Waals surface area contributed by atoms with E-state index in [0.29, 0.717) is 0 Å². The molecule has 102 valence electrons. The van der Waals surface area contributed by atoms with E-state index in [0.717, 1.165) is 16.9 Å². The van der Waals surface area contributed by atoms with E-state index in [1.807, 2.05) is 0 Å². The van der Waals surface area contributed by atoms with Gasteiger partial charge in [0.1, 0.15) is 10.5 Å². The number of nitrogens with zero attached hydrogens (tertiary/aromatic N) is 1. The molecule has 2 aliphatic heterocycles. The maximum Gasteiger partial charge on any atom is 0.190 e. The lowest BCUT2D eigenvalue weighted by atomic mass is 9.97. The van der Waals surface area contributed by atoms with Crippen molar-refractivity contribution < 1.29 is 4.12 Å². The van der Waals surface area contributed by atoms with Gasteiger partial charge in [0.25, 0.3) is 0 Å². The topological polar surface area (TPSA) is 14.2 Å². The van der Waals surface area contributed by atoms with Gasteiger partial charge < -0.3 is 8.68 Å². The van der Waals surface area contributed by atoms with Crippen molar-refractivity contribution in [2.75, 3.05) is 0 Å². The predicted octanol–water partition coefficient (Wildman–Crippen LogP) is 2.45. The molecule has 1 aromatic heterocycles. The highest BCUT2D eigenvalue weighted by atomic mass is 28.3. The van der Waals surface area contributed by atoms with Crippen LogP contribution in [0.4, 0.5) is 0 Å². The average Bonchev–Trinajstić information content (AvgIpc) is 2.80. The van der Waals surface area contributed by atoms with Crippen LogP contribution < -0.4 is 0 Å². The molecule has 0 saturated heterocycles. The second-order valence-electron chi connectivity index (χ2n) is 5.74. The van der Waals surface area contributed by atoms with Gasteiger partial charge in [-0.1, -0.05) is 31.2 Å². The first-order valence-electron chi connectivity index (χ1n) is 7.31. The number of hydrogen-bond acceptors (Lipinski definition) is 1. The Labute approximate surface area is 123 Å². The van der Waals surface area contributed by atoms with Crippen LogP contribution in [0.1, 0.15) is 18.9 Å². The van der Waals surface area contributed by atoms with Gasteiger partial charge >= 0.3 is 0 Å². The van der Waals surface area contributed by atoms with Crippen molar-refractivity contribution in [2.24, 2.45) is 0 Å². The number of para-hydroxylation sites is 1. The van der Waals surface area contributed by atoms with E-state index >= 15 is 0 Å². The fraction of sp³-hybridized carbons (Fsp3) is 0.250. The summed E-state index contributed by atoms with van der Waals surface area (Å²) in [7, 11) is -0.483. The van der Waals surface area contributed by atoms with E-state index in [1.54, 1.807) is 0 Å². The van der Waals surface area contributed by atoms with Crippen LogP contribution in [0.5, 0.6) is 0 Å². The molecule has 5 rings (SSSR count). The summed E-state index contributed by atoms with van der Waals surface area (Å²) in [6.45, 7) is 4.66. The van der Waals surface area contributed by atoms with Crippen LogP contribution in [0.3, 0.4) is 0 Å². The Kier molecular flexibility index (Phi) is 2.52. The van der Waals surface area contributed by atoms with Gasteiger partial charge in [0.05, 0.1) is 5.16 Å². The van der Waals surface area contributed by atoms with E-state index in [9.17, 15) is 0 Å². The molecule has 0 saturated carbocycles. The smallest absolute Gasteiger partial charge is 0.190 e. The second kappa shape index (κ2) is 4.07. The standard InChI is InChI=1S/C16H19NOSi2/c1-3-16(20(2)18-19)11-8-9-15-13(10-11)12-6-4-5-7-14(12)17(15)16/h4-10,20H,3H2,1-2,19H3. The molecule has 0 amide bonds. The normalized spacial score (nSPS) is 22.3. The van der Waals surface area contributed by atoms with Crippen molar-refractivity contribution in [1.82, 2.24) is 4.57 Å². The summed E-state index contributed by atoms with van der Waals surface area (Å²) >= 11 is 0. The lowest BCUT2D eigenvalue weighted by Gasteiger charge is -2.42. The van der Waals surface area contributed by atoms with Gasteiger partial charge in [0.2, 0.25) is 0 Å². The Bertz CT molecular complexity index is 803. The van der Waals surface area contributed by atoms with Crippen molar-refractivity contribution in [1.29, 1.82) is 0 Å². The van der Waals surface area contributed by atoms with Gasteiger partial charge in [0, 0.05) is 21.8 Å². The zero-order valence-electron chi connectivity index (χ0n) is 12.2. The maximum atomic E-state index is 6.04. The summed E-state index contributed by atoms with van der Waals surface area (Å²) in [5.41, 5.74) is 4.20. The summed E-state index contributed by atoms with van der Waals surface area (Å²) in [4.78, 5) is 0. The molecule has 20 heavy (non-hydrogen) atoms. The molecule has 2 aromatic carbocycles. The summed E-state index contributed by atoms with van der Waals surface area (Å²) < 4.78 is 8.63. The zero-order valence-corrected chi connectivity index (χ0v) is 15.3. The molecular formula is C16H19NOSi2. The van der Waals surface area contributed by atoms with E-state index in [2.05, 4.69) is 60.5 Å². The Morgan fingerprint density at radius 1 is 1.15 bits per heavy atom. The molecule has 2 unspecified atom stereocenters. The van der Waals surface area contributed by atoms with Crippen LogP contribution in [0, 0.1) is 0 Å². The minimum Gasteiger partial charge on any atom is -0.464 e. The molecule has 3 heterocycles. The van der Waals surface area contributed by atoms with Crippen LogP contribution in [0.15, 0.2) is 42.5 Å². The van der Waals surface area contributed by atoms with Crippen molar-refractivity contribution in [3.63, 3.8) is 0 Å². The van der Waals surface area contributed by atoms with Crippen LogP contribution in [0.2, 0.25) is 6.55 Å². The molecule has 0 N–H and O–H groups in total. The van der Waals surface area contributed by atoms with Crippen molar-refractivity contribution >= 4 is 41.3 Å². The van der Waals surface area contributed by atoms with Crippen LogP contribution in [-0.2, 0) is 9.28 Å². The minimum atomic E-state index is -1.32. The van der Waals surface area contributed by atoms with Crippen molar-refractivity contribution in [2.45, 2.75) is 25.1 Å². The third-order valence-corrected chi connectivity index (χ3v) is 10.3. The Balaban J connectivity index is 2.21. The highest BCUT2D eigenvalue weighted by Gasteiger charge is 2.44. The minimum absolute atomic E-state index is 0.0991. The molecule has 2 nitrogen and oxygen atoms in total. The van der Waals surface area contributed by atoms with E-state index in [4.69, 9.17) is 4.12 Å². The SMILES string of the molecule is CCC1([SiH](C)O[SiH3])c2ccc3c(c2)c2ccccc2n31. The fourth-order valence-electron chi connectivity index (χ4n) is 4.06. The first-order valence-corrected chi connectivity index (χ1v) is 10.3. The number of benzene rings is 2. The first-order chi connectivity index (χ1) is 9.74. The molecule has 3 aromatic rings. The highest BCUT2D eigenvalue weighted by molar-refractivity contribution is 6.58. The Morgan fingerprint density at radius 2 is 1.90 bits per heavy atom. The summed E-state index contributed by atoms with van der Waals surface area (Å²) in [6, 6.07) is 15.8. The summed E-state index contributed by atoms with van der Waals surface area (Å²) in [5, 5.41) is 2.88. The van der Waals surface area contributed by atoms with E-state index in [1.165, 1.54) is 27.4 Å². The molecule has 0 radical (unpaired) electrons. The predicted molar refractivity (Wildman–Crippen MR) is 90.8 cm³/mol. The van der Waals surface area contributed by atoms with Crippen LogP contribution in [0.25, 0.3) is 21.8 Å². The summed E-state index contributed by atoms with van der Waals surface area (Å²) in [6.07, 6.45) is 1.11. The Morgan fingerprint density at radius 3 is 2.65 bits per heavy atom. The number of rotatable bonds is 3. The largest absolute Gasteiger partial charge is 0.464 e. The van der Waals surface area contributed by atoms with Gasteiger partial charge in [0.15, 0.2) is 9.04 Å². The number of fused-ring (bicyclic) bond motifs is 2. The van der Waals surface area contributed by atoms with E-state index < -0.39 is 9.04 Å². The van der Waals surface area contributed by atoms with Crippen molar-refractivity contribution in [3.05, 3.63) is 48.0 Å².